The van der Waals surface area contributed by atoms with Crippen molar-refractivity contribution < 1.29 is 14.4 Å². The average Bonchev–Trinajstić information content (AvgIpc) is 2.63. The van der Waals surface area contributed by atoms with Gasteiger partial charge >= 0.3 is 0 Å². The van der Waals surface area contributed by atoms with E-state index in [-0.39, 0.29) is 17.5 Å². The Labute approximate surface area is 104 Å². The number of carbonyl (C=O) groups excluding carboxylic acids is 3. The molecule has 0 aliphatic carbocycles. The third-order valence-corrected chi connectivity index (χ3v) is 2.83. The molecule has 0 fully saturated rings. The zero-order valence-corrected chi connectivity index (χ0v) is 10.0. The Kier molecular flexibility index (Phi) is 3.12. The summed E-state index contributed by atoms with van der Waals surface area (Å²) in [7, 11) is 1.68. The number of rotatable bonds is 3. The van der Waals surface area contributed by atoms with Crippen molar-refractivity contribution in [1.29, 1.82) is 0 Å². The highest BCUT2D eigenvalue weighted by Gasteiger charge is 2.26. The van der Waals surface area contributed by atoms with E-state index in [0.29, 0.717) is 11.3 Å². The largest absolute Gasteiger partial charge is 0.325 e. The SMILES string of the molecule is CNC(C)C(=O)Nc1ccc2c(c1)C(=O)NC2=O. The molecule has 1 aromatic carbocycles. The summed E-state index contributed by atoms with van der Waals surface area (Å²) in [6, 6.07) is 4.27. The molecule has 1 unspecified atom stereocenters. The van der Waals surface area contributed by atoms with Crippen LogP contribution in [0.25, 0.3) is 0 Å². The van der Waals surface area contributed by atoms with Gasteiger partial charge in [-0.25, -0.2) is 0 Å². The summed E-state index contributed by atoms with van der Waals surface area (Å²) in [5.74, 6) is -1.05. The molecule has 0 bridgehead atoms. The first-order valence-electron chi connectivity index (χ1n) is 5.51. The Morgan fingerprint density at radius 3 is 2.56 bits per heavy atom. The van der Waals surface area contributed by atoms with E-state index in [4.69, 9.17) is 0 Å². The van der Waals surface area contributed by atoms with Gasteiger partial charge in [0, 0.05) is 5.69 Å². The fraction of sp³-hybridized carbons (Fsp3) is 0.250. The van der Waals surface area contributed by atoms with Crippen molar-refractivity contribution in [3.8, 4) is 0 Å². The molecule has 3 N–H and O–H groups in total. The van der Waals surface area contributed by atoms with Crippen molar-refractivity contribution in [2.24, 2.45) is 0 Å². The number of imide groups is 1. The third-order valence-electron chi connectivity index (χ3n) is 2.83. The van der Waals surface area contributed by atoms with E-state index in [0.717, 1.165) is 0 Å². The van der Waals surface area contributed by atoms with Crippen molar-refractivity contribution in [1.82, 2.24) is 10.6 Å². The Hall–Kier alpha value is -2.21. The zero-order valence-electron chi connectivity index (χ0n) is 10.0. The van der Waals surface area contributed by atoms with Crippen LogP contribution in [0.4, 0.5) is 5.69 Å². The van der Waals surface area contributed by atoms with Crippen LogP contribution in [0.3, 0.4) is 0 Å². The van der Waals surface area contributed by atoms with Crippen LogP contribution < -0.4 is 16.0 Å². The summed E-state index contributed by atoms with van der Waals surface area (Å²) in [6.45, 7) is 1.72. The van der Waals surface area contributed by atoms with Crippen LogP contribution in [0.5, 0.6) is 0 Å². The monoisotopic (exact) mass is 247 g/mol. The fourth-order valence-electron chi connectivity index (χ4n) is 1.63. The highest BCUT2D eigenvalue weighted by Crippen LogP contribution is 2.20. The number of benzene rings is 1. The Morgan fingerprint density at radius 2 is 1.89 bits per heavy atom. The van der Waals surface area contributed by atoms with Crippen molar-refractivity contribution >= 4 is 23.4 Å². The molecule has 3 amide bonds. The molecule has 1 atom stereocenters. The minimum absolute atomic E-state index is 0.206. The first-order chi connectivity index (χ1) is 8.52. The second kappa shape index (κ2) is 4.58. The number of amides is 3. The molecule has 1 aliphatic rings. The average molecular weight is 247 g/mol. The maximum Gasteiger partial charge on any atom is 0.259 e. The van der Waals surface area contributed by atoms with E-state index >= 15 is 0 Å². The Balaban J connectivity index is 2.23. The summed E-state index contributed by atoms with van der Waals surface area (Å²) in [6.07, 6.45) is 0. The number of carbonyl (C=O) groups is 3. The lowest BCUT2D eigenvalue weighted by atomic mass is 10.1. The van der Waals surface area contributed by atoms with Gasteiger partial charge in [-0.2, -0.15) is 0 Å². The molecule has 6 heteroatoms. The first-order valence-corrected chi connectivity index (χ1v) is 5.51. The summed E-state index contributed by atoms with van der Waals surface area (Å²) in [5.41, 5.74) is 1.11. The van der Waals surface area contributed by atoms with E-state index in [1.807, 2.05) is 0 Å². The van der Waals surface area contributed by atoms with Crippen molar-refractivity contribution in [2.75, 3.05) is 12.4 Å². The molecular weight excluding hydrogens is 234 g/mol. The fourth-order valence-corrected chi connectivity index (χ4v) is 1.63. The van der Waals surface area contributed by atoms with E-state index in [1.165, 1.54) is 12.1 Å². The molecule has 18 heavy (non-hydrogen) atoms. The zero-order chi connectivity index (χ0) is 13.3. The maximum absolute atomic E-state index is 11.6. The van der Waals surface area contributed by atoms with Crippen LogP contribution >= 0.6 is 0 Å². The van der Waals surface area contributed by atoms with Crippen molar-refractivity contribution in [3.05, 3.63) is 29.3 Å². The van der Waals surface area contributed by atoms with E-state index < -0.39 is 11.8 Å². The van der Waals surface area contributed by atoms with E-state index in [9.17, 15) is 14.4 Å². The molecule has 0 aromatic heterocycles. The second-order valence-electron chi connectivity index (χ2n) is 4.04. The van der Waals surface area contributed by atoms with E-state index in [2.05, 4.69) is 16.0 Å². The maximum atomic E-state index is 11.6. The molecule has 1 heterocycles. The molecule has 0 radical (unpaired) electrons. The highest BCUT2D eigenvalue weighted by atomic mass is 16.2. The molecule has 6 nitrogen and oxygen atoms in total. The van der Waals surface area contributed by atoms with Gasteiger partial charge in [-0.3, -0.25) is 19.7 Å². The predicted molar refractivity (Wildman–Crippen MR) is 65.4 cm³/mol. The molecule has 0 saturated heterocycles. The quantitative estimate of drug-likeness (QED) is 0.662. The standard InChI is InChI=1S/C12H13N3O3/c1-6(13-2)10(16)14-7-3-4-8-9(5-7)12(18)15-11(8)17/h3-6,13H,1-2H3,(H,14,16)(H,15,17,18). The van der Waals surface area contributed by atoms with Gasteiger partial charge < -0.3 is 10.6 Å². The van der Waals surface area contributed by atoms with Crippen LogP contribution in [0, 0.1) is 0 Å². The number of hydrogen-bond acceptors (Lipinski definition) is 4. The summed E-state index contributed by atoms with van der Waals surface area (Å²) in [5, 5.41) is 7.67. The smallest absolute Gasteiger partial charge is 0.259 e. The first kappa shape index (κ1) is 12.3. The Bertz CT molecular complexity index is 539. The molecule has 1 aliphatic heterocycles. The predicted octanol–water partition coefficient (Wildman–Crippen LogP) is 0.117. The number of hydrogen-bond donors (Lipinski definition) is 3. The Morgan fingerprint density at radius 1 is 1.22 bits per heavy atom. The molecule has 0 spiro atoms. The number of likely N-dealkylation sites (N-methyl/N-ethyl adjacent to an activating group) is 1. The summed E-state index contributed by atoms with van der Waals surface area (Å²) < 4.78 is 0. The lowest BCUT2D eigenvalue weighted by Crippen LogP contribution is -2.35. The van der Waals surface area contributed by atoms with Gasteiger partial charge in [-0.15, -0.1) is 0 Å². The van der Waals surface area contributed by atoms with Crippen LogP contribution in [0.15, 0.2) is 18.2 Å². The minimum Gasteiger partial charge on any atom is -0.325 e. The molecule has 1 aromatic rings. The van der Waals surface area contributed by atoms with Gasteiger partial charge in [0.1, 0.15) is 0 Å². The molecular formula is C12H13N3O3. The molecule has 94 valence electrons. The van der Waals surface area contributed by atoms with Gasteiger partial charge in [0.05, 0.1) is 17.2 Å². The van der Waals surface area contributed by atoms with Gasteiger partial charge in [0.2, 0.25) is 5.91 Å². The normalized spacial score (nSPS) is 15.0. The van der Waals surface area contributed by atoms with Gasteiger partial charge in [0.25, 0.3) is 11.8 Å². The number of anilines is 1. The van der Waals surface area contributed by atoms with Crippen LogP contribution in [0.2, 0.25) is 0 Å². The van der Waals surface area contributed by atoms with Crippen LogP contribution in [-0.4, -0.2) is 30.8 Å². The van der Waals surface area contributed by atoms with Gasteiger partial charge in [-0.1, -0.05) is 0 Å². The third kappa shape index (κ3) is 2.10. The minimum atomic E-state index is -0.437. The lowest BCUT2D eigenvalue weighted by Gasteiger charge is -2.11. The van der Waals surface area contributed by atoms with Gasteiger partial charge in [-0.05, 0) is 32.2 Å². The number of nitrogens with one attached hydrogen (secondary N) is 3. The van der Waals surface area contributed by atoms with Gasteiger partial charge in [0.15, 0.2) is 0 Å². The highest BCUT2D eigenvalue weighted by molar-refractivity contribution is 6.22. The topological polar surface area (TPSA) is 87.3 Å². The van der Waals surface area contributed by atoms with Crippen LogP contribution in [0.1, 0.15) is 27.6 Å². The molecule has 0 saturated carbocycles. The summed E-state index contributed by atoms with van der Waals surface area (Å²) >= 11 is 0. The number of fused-ring (bicyclic) bond motifs is 1. The second-order valence-corrected chi connectivity index (χ2v) is 4.04. The molecule has 2 rings (SSSR count). The lowest BCUT2D eigenvalue weighted by molar-refractivity contribution is -0.117. The van der Waals surface area contributed by atoms with E-state index in [1.54, 1.807) is 20.0 Å². The van der Waals surface area contributed by atoms with Crippen LogP contribution in [-0.2, 0) is 4.79 Å². The summed E-state index contributed by atoms with van der Waals surface area (Å²) in [4.78, 5) is 34.4. The van der Waals surface area contributed by atoms with Crippen molar-refractivity contribution in [3.63, 3.8) is 0 Å². The van der Waals surface area contributed by atoms with Crippen molar-refractivity contribution in [2.45, 2.75) is 13.0 Å².